The van der Waals surface area contributed by atoms with E-state index in [4.69, 9.17) is 4.74 Å². The molecule has 4 nitrogen and oxygen atoms in total. The molecule has 1 rings (SSSR count). The van der Waals surface area contributed by atoms with Gasteiger partial charge in [0.15, 0.2) is 0 Å². The van der Waals surface area contributed by atoms with Crippen LogP contribution in [0.25, 0.3) is 0 Å². The maximum Gasteiger partial charge on any atom is 0.123 e. The van der Waals surface area contributed by atoms with Crippen LogP contribution < -0.4 is 10.1 Å². The van der Waals surface area contributed by atoms with E-state index in [1.807, 2.05) is 18.2 Å². The zero-order valence-electron chi connectivity index (χ0n) is 10.0. The molecule has 5 heteroatoms. The van der Waals surface area contributed by atoms with Crippen LogP contribution >= 0.6 is 15.9 Å². The van der Waals surface area contributed by atoms with Crippen molar-refractivity contribution in [1.82, 2.24) is 5.32 Å². The van der Waals surface area contributed by atoms with Gasteiger partial charge in [0, 0.05) is 16.6 Å². The van der Waals surface area contributed by atoms with Crippen LogP contribution in [0.3, 0.4) is 0 Å². The minimum absolute atomic E-state index is 0.125. The first-order chi connectivity index (χ1) is 8.04. The largest absolute Gasteiger partial charge is 0.496 e. The van der Waals surface area contributed by atoms with Gasteiger partial charge in [-0.1, -0.05) is 15.9 Å². The van der Waals surface area contributed by atoms with Crippen LogP contribution in [0.1, 0.15) is 12.5 Å². The summed E-state index contributed by atoms with van der Waals surface area (Å²) in [6, 6.07) is 5.72. The van der Waals surface area contributed by atoms with Crippen molar-refractivity contribution in [3.05, 3.63) is 28.2 Å². The molecule has 0 saturated heterocycles. The summed E-state index contributed by atoms with van der Waals surface area (Å²) in [6.45, 7) is 2.03. The third-order valence-electron chi connectivity index (χ3n) is 2.65. The number of aliphatic hydroxyl groups is 2. The topological polar surface area (TPSA) is 61.7 Å². The predicted octanol–water partition coefficient (Wildman–Crippen LogP) is 1.29. The van der Waals surface area contributed by atoms with Crippen LogP contribution in [-0.4, -0.2) is 36.1 Å². The Balaban J connectivity index is 2.77. The number of hydrogen-bond acceptors (Lipinski definition) is 4. The first-order valence-corrected chi connectivity index (χ1v) is 6.13. The Labute approximate surface area is 110 Å². The number of methoxy groups -OCH3 is 1. The Morgan fingerprint density at radius 3 is 2.53 bits per heavy atom. The molecule has 0 amide bonds. The summed E-state index contributed by atoms with van der Waals surface area (Å²) in [5.74, 6) is 0.777. The molecule has 0 unspecified atom stereocenters. The van der Waals surface area contributed by atoms with Gasteiger partial charge in [-0.3, -0.25) is 0 Å². The summed E-state index contributed by atoms with van der Waals surface area (Å²) in [6.07, 6.45) is 0. The number of rotatable bonds is 6. The molecule has 3 N–H and O–H groups in total. The molecular weight excluding hydrogens is 286 g/mol. The highest BCUT2D eigenvalue weighted by atomic mass is 79.9. The average molecular weight is 304 g/mol. The summed E-state index contributed by atoms with van der Waals surface area (Å²) in [5.41, 5.74) is 0.280. The molecule has 0 bridgehead atoms. The van der Waals surface area contributed by atoms with Crippen molar-refractivity contribution >= 4 is 15.9 Å². The highest BCUT2D eigenvalue weighted by molar-refractivity contribution is 9.10. The fourth-order valence-corrected chi connectivity index (χ4v) is 1.76. The quantitative estimate of drug-likeness (QED) is 0.741. The fourth-order valence-electron chi connectivity index (χ4n) is 1.36. The van der Waals surface area contributed by atoms with Crippen molar-refractivity contribution in [2.24, 2.45) is 0 Å². The van der Waals surface area contributed by atoms with E-state index in [1.165, 1.54) is 0 Å². The average Bonchev–Trinajstić information content (AvgIpc) is 2.36. The molecule has 0 aliphatic heterocycles. The third-order valence-corrected chi connectivity index (χ3v) is 3.14. The van der Waals surface area contributed by atoms with E-state index >= 15 is 0 Å². The van der Waals surface area contributed by atoms with Gasteiger partial charge in [0.25, 0.3) is 0 Å². The summed E-state index contributed by atoms with van der Waals surface area (Å²) in [5, 5.41) is 21.5. The van der Waals surface area contributed by atoms with Crippen molar-refractivity contribution in [3.8, 4) is 5.75 Å². The Morgan fingerprint density at radius 1 is 1.35 bits per heavy atom. The van der Waals surface area contributed by atoms with E-state index in [0.29, 0.717) is 6.54 Å². The first-order valence-electron chi connectivity index (χ1n) is 5.34. The van der Waals surface area contributed by atoms with E-state index in [-0.39, 0.29) is 13.2 Å². The van der Waals surface area contributed by atoms with Crippen LogP contribution in [-0.2, 0) is 6.54 Å². The third kappa shape index (κ3) is 3.96. The van der Waals surface area contributed by atoms with Gasteiger partial charge in [0.2, 0.25) is 0 Å². The van der Waals surface area contributed by atoms with E-state index in [9.17, 15) is 10.2 Å². The van der Waals surface area contributed by atoms with Gasteiger partial charge in [-0.25, -0.2) is 0 Å². The van der Waals surface area contributed by atoms with Crippen molar-refractivity contribution in [3.63, 3.8) is 0 Å². The second-order valence-corrected chi connectivity index (χ2v) is 5.10. The van der Waals surface area contributed by atoms with Gasteiger partial charge < -0.3 is 20.3 Å². The van der Waals surface area contributed by atoms with Gasteiger partial charge in [0.1, 0.15) is 5.75 Å². The molecule has 0 aliphatic rings. The van der Waals surface area contributed by atoms with Crippen LogP contribution in [0.2, 0.25) is 0 Å². The van der Waals surface area contributed by atoms with E-state index in [2.05, 4.69) is 21.2 Å². The van der Waals surface area contributed by atoms with Crippen LogP contribution in [0.15, 0.2) is 22.7 Å². The van der Waals surface area contributed by atoms with Crippen molar-refractivity contribution < 1.29 is 14.9 Å². The van der Waals surface area contributed by atoms with Crippen LogP contribution in [0.4, 0.5) is 0 Å². The van der Waals surface area contributed by atoms with Gasteiger partial charge in [-0.2, -0.15) is 0 Å². The zero-order chi connectivity index (χ0) is 12.9. The fraction of sp³-hybridized carbons (Fsp3) is 0.500. The number of hydrogen-bond donors (Lipinski definition) is 3. The Hall–Kier alpha value is -0.620. The lowest BCUT2D eigenvalue weighted by atomic mass is 10.0. The van der Waals surface area contributed by atoms with Crippen molar-refractivity contribution in [1.29, 1.82) is 0 Å². The smallest absolute Gasteiger partial charge is 0.123 e. The number of benzene rings is 1. The Kier molecular flexibility index (Phi) is 5.39. The molecule has 1 aromatic carbocycles. The second kappa shape index (κ2) is 6.35. The molecule has 96 valence electrons. The maximum absolute atomic E-state index is 9.18. The van der Waals surface area contributed by atoms with E-state index < -0.39 is 5.54 Å². The Bertz CT molecular complexity index is 367. The maximum atomic E-state index is 9.18. The summed E-state index contributed by atoms with van der Waals surface area (Å²) in [7, 11) is 1.62. The van der Waals surface area contributed by atoms with Gasteiger partial charge in [-0.15, -0.1) is 0 Å². The summed E-state index contributed by atoms with van der Waals surface area (Å²) < 4.78 is 6.21. The zero-order valence-corrected chi connectivity index (χ0v) is 11.6. The SMILES string of the molecule is COc1ccc(Br)cc1CNC(C)(CO)CO. The lowest BCUT2D eigenvalue weighted by Gasteiger charge is -2.26. The van der Waals surface area contributed by atoms with E-state index in [1.54, 1.807) is 14.0 Å². The molecule has 0 radical (unpaired) electrons. The Morgan fingerprint density at radius 2 is 2.00 bits per heavy atom. The molecule has 0 saturated carbocycles. The summed E-state index contributed by atoms with van der Waals surface area (Å²) in [4.78, 5) is 0. The lowest BCUT2D eigenvalue weighted by Crippen LogP contribution is -2.48. The van der Waals surface area contributed by atoms with E-state index in [0.717, 1.165) is 15.8 Å². The lowest BCUT2D eigenvalue weighted by molar-refractivity contribution is 0.103. The number of nitrogens with one attached hydrogen (secondary N) is 1. The standard InChI is InChI=1S/C12H18BrNO3/c1-12(7-15,8-16)14-6-9-5-10(13)3-4-11(9)17-2/h3-5,14-16H,6-8H2,1-2H3. The number of ether oxygens (including phenoxy) is 1. The van der Waals surface area contributed by atoms with Gasteiger partial charge in [-0.05, 0) is 25.1 Å². The minimum atomic E-state index is -0.687. The molecule has 0 aromatic heterocycles. The predicted molar refractivity (Wildman–Crippen MR) is 70.1 cm³/mol. The van der Waals surface area contributed by atoms with Crippen molar-refractivity contribution in [2.75, 3.05) is 20.3 Å². The molecule has 0 atom stereocenters. The second-order valence-electron chi connectivity index (χ2n) is 4.19. The van der Waals surface area contributed by atoms with Crippen molar-refractivity contribution in [2.45, 2.75) is 19.0 Å². The highest BCUT2D eigenvalue weighted by Gasteiger charge is 2.21. The molecule has 0 fully saturated rings. The molecule has 17 heavy (non-hydrogen) atoms. The van der Waals surface area contributed by atoms with Gasteiger partial charge >= 0.3 is 0 Å². The minimum Gasteiger partial charge on any atom is -0.496 e. The highest BCUT2D eigenvalue weighted by Crippen LogP contribution is 2.23. The molecular formula is C12H18BrNO3. The molecule has 0 aliphatic carbocycles. The number of aliphatic hydroxyl groups excluding tert-OH is 2. The van der Waals surface area contributed by atoms with Crippen LogP contribution in [0.5, 0.6) is 5.75 Å². The molecule has 0 spiro atoms. The normalized spacial score (nSPS) is 11.6. The first kappa shape index (κ1) is 14.4. The monoisotopic (exact) mass is 303 g/mol. The number of halogens is 1. The van der Waals surface area contributed by atoms with Crippen LogP contribution in [0, 0.1) is 0 Å². The summed E-state index contributed by atoms with van der Waals surface area (Å²) >= 11 is 3.40. The van der Waals surface area contributed by atoms with Gasteiger partial charge in [0.05, 0.1) is 25.9 Å². The molecule has 1 aromatic rings. The molecule has 0 heterocycles.